The molecule has 3 nitrogen and oxygen atoms in total. The third kappa shape index (κ3) is 4.52. The van der Waals surface area contributed by atoms with Crippen LogP contribution in [0.4, 0.5) is 10.1 Å². The van der Waals surface area contributed by atoms with E-state index in [0.29, 0.717) is 11.4 Å². The molecule has 0 N–H and O–H groups in total. The summed E-state index contributed by atoms with van der Waals surface area (Å²) in [4.78, 5) is 16.0. The van der Waals surface area contributed by atoms with Crippen molar-refractivity contribution in [2.45, 2.75) is 20.8 Å². The van der Waals surface area contributed by atoms with Gasteiger partial charge in [-0.15, -0.1) is 0 Å². The van der Waals surface area contributed by atoms with Gasteiger partial charge in [-0.3, -0.25) is 9.79 Å². The molecule has 0 aliphatic carbocycles. The number of carbonyl (C=O) groups is 1. The van der Waals surface area contributed by atoms with Gasteiger partial charge in [0.25, 0.3) is 0 Å². The second-order valence-electron chi connectivity index (χ2n) is 5.94. The Morgan fingerprint density at radius 2 is 1.64 bits per heavy atom. The smallest absolute Gasteiger partial charge is 0.316 e. The minimum absolute atomic E-state index is 0.278. The zero-order chi connectivity index (χ0) is 16.2. The number of hydrogen-bond donors (Lipinski definition) is 0. The topological polar surface area (TPSA) is 38.7 Å². The highest BCUT2D eigenvalue weighted by Gasteiger charge is 2.23. The van der Waals surface area contributed by atoms with Crippen LogP contribution in [0.2, 0.25) is 0 Å². The molecule has 2 rings (SSSR count). The maximum absolute atomic E-state index is 12.8. The molecular formula is C18H18FNO2. The molecule has 22 heavy (non-hydrogen) atoms. The fourth-order valence-corrected chi connectivity index (χ4v) is 1.56. The molecule has 0 bridgehead atoms. The standard InChI is InChI=1S/C18H18FNO2/c1-18(2,3)17(21)22-16-10-4-13(5-11-16)12-20-15-8-6-14(19)7-9-15/h4-12H,1-3H3. The van der Waals surface area contributed by atoms with Gasteiger partial charge < -0.3 is 4.74 Å². The van der Waals surface area contributed by atoms with Crippen molar-refractivity contribution < 1.29 is 13.9 Å². The number of carbonyl (C=O) groups excluding carboxylic acids is 1. The second-order valence-corrected chi connectivity index (χ2v) is 5.94. The number of rotatable bonds is 3. The van der Waals surface area contributed by atoms with Crippen molar-refractivity contribution in [1.82, 2.24) is 0 Å². The molecule has 0 radical (unpaired) electrons. The molecule has 2 aromatic rings. The van der Waals surface area contributed by atoms with Gasteiger partial charge in [-0.25, -0.2) is 4.39 Å². The van der Waals surface area contributed by atoms with Gasteiger partial charge in [0.2, 0.25) is 0 Å². The molecule has 0 amide bonds. The predicted molar refractivity (Wildman–Crippen MR) is 85.2 cm³/mol. The van der Waals surface area contributed by atoms with Crippen LogP contribution in [-0.2, 0) is 4.79 Å². The summed E-state index contributed by atoms with van der Waals surface area (Å²) in [5, 5.41) is 0. The van der Waals surface area contributed by atoms with Crippen LogP contribution >= 0.6 is 0 Å². The molecule has 0 fully saturated rings. The number of nitrogens with zero attached hydrogens (tertiary/aromatic N) is 1. The fraction of sp³-hybridized carbons (Fsp3) is 0.222. The van der Waals surface area contributed by atoms with Crippen molar-refractivity contribution in [1.29, 1.82) is 0 Å². The average Bonchev–Trinajstić information content (AvgIpc) is 2.47. The molecule has 4 heteroatoms. The van der Waals surface area contributed by atoms with Crippen molar-refractivity contribution >= 4 is 17.9 Å². The first-order valence-electron chi connectivity index (χ1n) is 6.96. The molecule has 0 spiro atoms. The predicted octanol–water partition coefficient (Wildman–Crippen LogP) is 4.53. The maximum Gasteiger partial charge on any atom is 0.316 e. The number of benzene rings is 2. The molecule has 0 unspecified atom stereocenters. The number of ether oxygens (including phenoxy) is 1. The summed E-state index contributed by atoms with van der Waals surface area (Å²) >= 11 is 0. The Kier molecular flexibility index (Phi) is 4.71. The normalized spacial score (nSPS) is 11.6. The summed E-state index contributed by atoms with van der Waals surface area (Å²) < 4.78 is 18.1. The van der Waals surface area contributed by atoms with Crippen LogP contribution < -0.4 is 4.74 Å². The van der Waals surface area contributed by atoms with E-state index in [1.807, 2.05) is 0 Å². The molecule has 114 valence electrons. The minimum Gasteiger partial charge on any atom is -0.426 e. The van der Waals surface area contributed by atoms with Crippen LogP contribution in [-0.4, -0.2) is 12.2 Å². The van der Waals surface area contributed by atoms with E-state index < -0.39 is 5.41 Å². The number of esters is 1. The Morgan fingerprint density at radius 1 is 1.05 bits per heavy atom. The van der Waals surface area contributed by atoms with E-state index in [9.17, 15) is 9.18 Å². The van der Waals surface area contributed by atoms with Gasteiger partial charge in [-0.2, -0.15) is 0 Å². The van der Waals surface area contributed by atoms with E-state index in [4.69, 9.17) is 4.74 Å². The Bertz CT molecular complexity index is 668. The van der Waals surface area contributed by atoms with Crippen molar-refractivity contribution in [2.24, 2.45) is 10.4 Å². The van der Waals surface area contributed by atoms with E-state index in [-0.39, 0.29) is 11.8 Å². The summed E-state index contributed by atoms with van der Waals surface area (Å²) in [7, 11) is 0. The van der Waals surface area contributed by atoms with E-state index >= 15 is 0 Å². The van der Waals surface area contributed by atoms with Crippen molar-refractivity contribution in [2.75, 3.05) is 0 Å². The quantitative estimate of drug-likeness (QED) is 0.474. The van der Waals surface area contributed by atoms with Crippen molar-refractivity contribution in [3.63, 3.8) is 0 Å². The first-order valence-corrected chi connectivity index (χ1v) is 6.96. The van der Waals surface area contributed by atoms with Gasteiger partial charge in [0, 0.05) is 6.21 Å². The van der Waals surface area contributed by atoms with E-state index in [1.54, 1.807) is 63.4 Å². The SMILES string of the molecule is CC(C)(C)C(=O)Oc1ccc(C=Nc2ccc(F)cc2)cc1. The van der Waals surface area contributed by atoms with Crippen LogP contribution in [0, 0.1) is 11.2 Å². The largest absolute Gasteiger partial charge is 0.426 e. The van der Waals surface area contributed by atoms with Crippen LogP contribution in [0.1, 0.15) is 26.3 Å². The lowest BCUT2D eigenvalue weighted by Gasteiger charge is -2.16. The fourth-order valence-electron chi connectivity index (χ4n) is 1.56. The lowest BCUT2D eigenvalue weighted by atomic mass is 9.97. The Morgan fingerprint density at radius 3 is 2.18 bits per heavy atom. The minimum atomic E-state index is -0.539. The van der Waals surface area contributed by atoms with E-state index in [0.717, 1.165) is 5.56 Å². The molecular weight excluding hydrogens is 281 g/mol. The van der Waals surface area contributed by atoms with Crippen molar-refractivity contribution in [3.05, 3.63) is 59.9 Å². The Balaban J connectivity index is 2.03. The van der Waals surface area contributed by atoms with Crippen LogP contribution in [0.3, 0.4) is 0 Å². The summed E-state index contributed by atoms with van der Waals surface area (Å²) in [5.41, 5.74) is 0.993. The monoisotopic (exact) mass is 299 g/mol. The molecule has 0 aliphatic rings. The van der Waals surface area contributed by atoms with Gasteiger partial charge in [-0.1, -0.05) is 0 Å². The third-order valence-electron chi connectivity index (χ3n) is 2.89. The van der Waals surface area contributed by atoms with Crippen LogP contribution in [0.5, 0.6) is 5.75 Å². The molecule has 0 aromatic heterocycles. The summed E-state index contributed by atoms with van der Waals surface area (Å²) in [6.45, 7) is 5.41. The Hall–Kier alpha value is -2.49. The lowest BCUT2D eigenvalue weighted by Crippen LogP contribution is -2.25. The molecule has 0 saturated heterocycles. The molecule has 0 saturated carbocycles. The lowest BCUT2D eigenvalue weighted by molar-refractivity contribution is -0.142. The summed E-state index contributed by atoms with van der Waals surface area (Å²) in [6, 6.07) is 13.0. The van der Waals surface area contributed by atoms with Gasteiger partial charge in [0.15, 0.2) is 0 Å². The van der Waals surface area contributed by atoms with Gasteiger partial charge >= 0.3 is 5.97 Å². The first-order chi connectivity index (χ1) is 10.3. The number of hydrogen-bond acceptors (Lipinski definition) is 3. The summed E-state index contributed by atoms with van der Waals surface area (Å²) in [6.07, 6.45) is 1.67. The molecule has 0 atom stereocenters. The van der Waals surface area contributed by atoms with E-state index in [1.165, 1.54) is 12.1 Å². The zero-order valence-electron chi connectivity index (χ0n) is 12.8. The third-order valence-corrected chi connectivity index (χ3v) is 2.89. The molecule has 0 heterocycles. The zero-order valence-corrected chi connectivity index (χ0v) is 12.8. The van der Waals surface area contributed by atoms with Gasteiger partial charge in [-0.05, 0) is 74.9 Å². The number of aliphatic imine (C=N–C) groups is 1. The highest BCUT2D eigenvalue weighted by atomic mass is 19.1. The molecule has 2 aromatic carbocycles. The molecule has 0 aliphatic heterocycles. The van der Waals surface area contributed by atoms with E-state index in [2.05, 4.69) is 4.99 Å². The van der Waals surface area contributed by atoms with Crippen LogP contribution in [0.15, 0.2) is 53.5 Å². The highest BCUT2D eigenvalue weighted by molar-refractivity contribution is 5.82. The van der Waals surface area contributed by atoms with Gasteiger partial charge in [0.1, 0.15) is 11.6 Å². The highest BCUT2D eigenvalue weighted by Crippen LogP contribution is 2.19. The summed E-state index contributed by atoms with van der Waals surface area (Å²) in [5.74, 6) is -0.0666. The first kappa shape index (κ1) is 15.9. The Labute approximate surface area is 129 Å². The van der Waals surface area contributed by atoms with Crippen LogP contribution in [0.25, 0.3) is 0 Å². The average molecular weight is 299 g/mol. The second kappa shape index (κ2) is 6.52. The number of halogens is 1. The van der Waals surface area contributed by atoms with Crippen molar-refractivity contribution in [3.8, 4) is 5.75 Å². The maximum atomic E-state index is 12.8. The van der Waals surface area contributed by atoms with Gasteiger partial charge in [0.05, 0.1) is 11.1 Å².